The van der Waals surface area contributed by atoms with Gasteiger partial charge in [0.15, 0.2) is 0 Å². The molecule has 0 atom stereocenters. The minimum absolute atomic E-state index is 0.245. The van der Waals surface area contributed by atoms with Crippen LogP contribution < -0.4 is 9.80 Å². The standard InChI is InChI=1S/C15H20N2O3/c1-2-20-15(18)17-6-5-12-11-13(3-4-14(12)17)16-7-9-19-10-8-16/h3-4,11H,2,5-10H2,1H3. The lowest BCUT2D eigenvalue weighted by Crippen LogP contribution is -2.36. The molecule has 0 aliphatic carbocycles. The number of morpholine rings is 1. The van der Waals surface area contributed by atoms with Crippen molar-refractivity contribution in [1.29, 1.82) is 0 Å². The molecule has 20 heavy (non-hydrogen) atoms. The van der Waals surface area contributed by atoms with Crippen LogP contribution in [0.5, 0.6) is 0 Å². The van der Waals surface area contributed by atoms with Gasteiger partial charge in [-0.1, -0.05) is 0 Å². The average Bonchev–Trinajstić information content (AvgIpc) is 2.91. The zero-order valence-electron chi connectivity index (χ0n) is 11.8. The van der Waals surface area contributed by atoms with Crippen LogP contribution in [0.25, 0.3) is 0 Å². The van der Waals surface area contributed by atoms with E-state index in [1.165, 1.54) is 11.3 Å². The van der Waals surface area contributed by atoms with E-state index < -0.39 is 0 Å². The van der Waals surface area contributed by atoms with Crippen molar-refractivity contribution in [3.63, 3.8) is 0 Å². The Morgan fingerprint density at radius 1 is 1.30 bits per heavy atom. The summed E-state index contributed by atoms with van der Waals surface area (Å²) in [6.45, 7) is 6.38. The van der Waals surface area contributed by atoms with Crippen molar-refractivity contribution in [1.82, 2.24) is 0 Å². The summed E-state index contributed by atoms with van der Waals surface area (Å²) in [5.41, 5.74) is 3.43. The van der Waals surface area contributed by atoms with E-state index in [1.807, 2.05) is 13.0 Å². The SMILES string of the molecule is CCOC(=O)N1CCc2cc(N3CCOCC3)ccc21. The van der Waals surface area contributed by atoms with Crippen molar-refractivity contribution in [3.8, 4) is 0 Å². The quantitative estimate of drug-likeness (QED) is 0.829. The summed E-state index contributed by atoms with van der Waals surface area (Å²) >= 11 is 0. The van der Waals surface area contributed by atoms with Crippen molar-refractivity contribution in [2.75, 3.05) is 49.3 Å². The predicted octanol–water partition coefficient (Wildman–Crippen LogP) is 2.04. The Morgan fingerprint density at radius 3 is 2.85 bits per heavy atom. The third-order valence-corrected chi connectivity index (χ3v) is 3.82. The molecule has 1 saturated heterocycles. The van der Waals surface area contributed by atoms with Gasteiger partial charge in [0.25, 0.3) is 0 Å². The smallest absolute Gasteiger partial charge is 0.414 e. The molecule has 3 rings (SSSR count). The molecule has 0 bridgehead atoms. The molecule has 5 nitrogen and oxygen atoms in total. The summed E-state index contributed by atoms with van der Waals surface area (Å²) in [5, 5.41) is 0. The van der Waals surface area contributed by atoms with Crippen molar-refractivity contribution in [3.05, 3.63) is 23.8 Å². The first-order valence-electron chi connectivity index (χ1n) is 7.19. The number of carbonyl (C=O) groups is 1. The Hall–Kier alpha value is -1.75. The molecule has 0 N–H and O–H groups in total. The maximum Gasteiger partial charge on any atom is 0.414 e. The van der Waals surface area contributed by atoms with E-state index in [0.717, 1.165) is 38.4 Å². The van der Waals surface area contributed by atoms with Gasteiger partial charge in [0.1, 0.15) is 0 Å². The van der Waals surface area contributed by atoms with Gasteiger partial charge in [-0.25, -0.2) is 4.79 Å². The molecule has 0 aromatic heterocycles. The largest absolute Gasteiger partial charge is 0.449 e. The average molecular weight is 276 g/mol. The lowest BCUT2D eigenvalue weighted by atomic mass is 10.1. The molecule has 0 saturated carbocycles. The number of fused-ring (bicyclic) bond motifs is 1. The number of hydrogen-bond donors (Lipinski definition) is 0. The Balaban J connectivity index is 1.79. The summed E-state index contributed by atoms with van der Waals surface area (Å²) in [6, 6.07) is 6.31. The van der Waals surface area contributed by atoms with E-state index in [-0.39, 0.29) is 6.09 Å². The van der Waals surface area contributed by atoms with Gasteiger partial charge >= 0.3 is 6.09 Å². The Labute approximate surface area is 119 Å². The highest BCUT2D eigenvalue weighted by atomic mass is 16.6. The monoisotopic (exact) mass is 276 g/mol. The Kier molecular flexibility index (Phi) is 3.78. The molecular formula is C15H20N2O3. The number of carbonyl (C=O) groups excluding carboxylic acids is 1. The zero-order valence-corrected chi connectivity index (χ0v) is 11.8. The van der Waals surface area contributed by atoms with Gasteiger partial charge in [0, 0.05) is 25.3 Å². The third kappa shape index (κ3) is 2.45. The van der Waals surface area contributed by atoms with Crippen LogP contribution in [-0.2, 0) is 15.9 Å². The van der Waals surface area contributed by atoms with Crippen molar-refractivity contribution in [2.24, 2.45) is 0 Å². The van der Waals surface area contributed by atoms with Gasteiger partial charge in [-0.15, -0.1) is 0 Å². The minimum Gasteiger partial charge on any atom is -0.449 e. The van der Waals surface area contributed by atoms with Crippen LogP contribution in [0.2, 0.25) is 0 Å². The molecule has 0 radical (unpaired) electrons. The fourth-order valence-corrected chi connectivity index (χ4v) is 2.80. The highest BCUT2D eigenvalue weighted by Crippen LogP contribution is 2.32. The number of ether oxygens (including phenoxy) is 2. The van der Waals surface area contributed by atoms with Crippen molar-refractivity contribution >= 4 is 17.5 Å². The normalized spacial score (nSPS) is 18.1. The number of rotatable bonds is 2. The van der Waals surface area contributed by atoms with Gasteiger partial charge in [-0.05, 0) is 37.1 Å². The topological polar surface area (TPSA) is 42.0 Å². The van der Waals surface area contributed by atoms with Crippen LogP contribution in [0, 0.1) is 0 Å². The van der Waals surface area contributed by atoms with E-state index in [9.17, 15) is 4.79 Å². The summed E-state index contributed by atoms with van der Waals surface area (Å²) in [6.07, 6.45) is 0.650. The van der Waals surface area contributed by atoms with Crippen molar-refractivity contribution in [2.45, 2.75) is 13.3 Å². The fourth-order valence-electron chi connectivity index (χ4n) is 2.80. The first-order valence-corrected chi connectivity index (χ1v) is 7.19. The maximum absolute atomic E-state index is 11.9. The van der Waals surface area contributed by atoms with Crippen LogP contribution in [0.15, 0.2) is 18.2 Å². The number of nitrogens with zero attached hydrogens (tertiary/aromatic N) is 2. The van der Waals surface area contributed by atoms with Crippen LogP contribution in [0.3, 0.4) is 0 Å². The van der Waals surface area contributed by atoms with E-state index in [1.54, 1.807) is 4.90 Å². The Morgan fingerprint density at radius 2 is 2.10 bits per heavy atom. The first-order chi connectivity index (χ1) is 9.79. The number of amides is 1. The van der Waals surface area contributed by atoms with E-state index >= 15 is 0 Å². The van der Waals surface area contributed by atoms with Gasteiger partial charge in [-0.2, -0.15) is 0 Å². The molecule has 1 fully saturated rings. The lowest BCUT2D eigenvalue weighted by Gasteiger charge is -2.29. The minimum atomic E-state index is -0.245. The molecule has 1 aromatic rings. The van der Waals surface area contributed by atoms with Crippen LogP contribution >= 0.6 is 0 Å². The van der Waals surface area contributed by atoms with E-state index in [4.69, 9.17) is 9.47 Å². The van der Waals surface area contributed by atoms with Crippen LogP contribution in [0.1, 0.15) is 12.5 Å². The molecule has 2 aliphatic rings. The predicted molar refractivity (Wildman–Crippen MR) is 77.5 cm³/mol. The first kappa shape index (κ1) is 13.2. The molecular weight excluding hydrogens is 256 g/mol. The molecule has 2 heterocycles. The van der Waals surface area contributed by atoms with E-state index in [0.29, 0.717) is 13.2 Å². The lowest BCUT2D eigenvalue weighted by molar-refractivity contribution is 0.122. The molecule has 108 valence electrons. The van der Waals surface area contributed by atoms with Crippen molar-refractivity contribution < 1.29 is 14.3 Å². The second-order valence-electron chi connectivity index (χ2n) is 5.01. The third-order valence-electron chi connectivity index (χ3n) is 3.82. The molecule has 1 amide bonds. The second-order valence-corrected chi connectivity index (χ2v) is 5.01. The van der Waals surface area contributed by atoms with Gasteiger partial charge in [-0.3, -0.25) is 4.90 Å². The number of hydrogen-bond acceptors (Lipinski definition) is 4. The van der Waals surface area contributed by atoms with E-state index in [2.05, 4.69) is 17.0 Å². The molecule has 0 unspecified atom stereocenters. The maximum atomic E-state index is 11.9. The summed E-state index contributed by atoms with van der Waals surface area (Å²) in [5.74, 6) is 0. The van der Waals surface area contributed by atoms with Gasteiger partial charge in [0.05, 0.1) is 25.5 Å². The number of benzene rings is 1. The van der Waals surface area contributed by atoms with Gasteiger partial charge < -0.3 is 14.4 Å². The fraction of sp³-hybridized carbons (Fsp3) is 0.533. The van der Waals surface area contributed by atoms with Crippen LogP contribution in [0.4, 0.5) is 16.2 Å². The second kappa shape index (κ2) is 5.71. The molecule has 5 heteroatoms. The highest BCUT2D eigenvalue weighted by molar-refractivity contribution is 5.90. The zero-order chi connectivity index (χ0) is 13.9. The number of anilines is 2. The van der Waals surface area contributed by atoms with Gasteiger partial charge in [0.2, 0.25) is 0 Å². The van der Waals surface area contributed by atoms with Crippen LogP contribution in [-0.4, -0.2) is 45.5 Å². The summed E-state index contributed by atoms with van der Waals surface area (Å²) in [7, 11) is 0. The molecule has 0 spiro atoms. The highest BCUT2D eigenvalue weighted by Gasteiger charge is 2.26. The summed E-state index contributed by atoms with van der Waals surface area (Å²) < 4.78 is 10.5. The molecule has 2 aliphatic heterocycles. The molecule has 1 aromatic carbocycles. The summed E-state index contributed by atoms with van der Waals surface area (Å²) in [4.78, 5) is 15.9. The Bertz CT molecular complexity index is 498.